The molecule has 0 aromatic heterocycles. The summed E-state index contributed by atoms with van der Waals surface area (Å²) in [6.07, 6.45) is -0.875. The fraction of sp³-hybridized carbons (Fsp3) is 0.364. The molecule has 1 N–H and O–H groups in total. The third-order valence-electron chi connectivity index (χ3n) is 6.21. The van der Waals surface area contributed by atoms with Crippen LogP contribution in [0, 0.1) is 5.92 Å². The molecule has 3 aromatic rings. The van der Waals surface area contributed by atoms with E-state index in [1.54, 1.807) is 13.8 Å². The van der Waals surface area contributed by atoms with E-state index in [0.29, 0.717) is 5.92 Å². The third kappa shape index (κ3) is 10.2. The number of carbonyl (C=O) groups excluding carboxylic acids is 3. The molecule has 0 aliphatic heterocycles. The van der Waals surface area contributed by atoms with E-state index in [4.69, 9.17) is 14.2 Å². The molecule has 7 nitrogen and oxygen atoms in total. The van der Waals surface area contributed by atoms with Gasteiger partial charge in [-0.15, -0.1) is 0 Å². The molecule has 40 heavy (non-hydrogen) atoms. The Morgan fingerprint density at radius 3 is 1.73 bits per heavy atom. The minimum atomic E-state index is -1.26. The highest BCUT2D eigenvalue weighted by atomic mass is 16.6. The lowest BCUT2D eigenvalue weighted by atomic mass is 9.97. The first-order valence-electron chi connectivity index (χ1n) is 13.2. The molecule has 3 rings (SSSR count). The molecular formula is C33H41NO6. The number of amides is 1. The minimum Gasteiger partial charge on any atom is -0.459 e. The van der Waals surface area contributed by atoms with Crippen molar-refractivity contribution in [3.63, 3.8) is 0 Å². The van der Waals surface area contributed by atoms with Crippen molar-refractivity contribution in [3.8, 4) is 0 Å². The molecule has 1 amide bonds. The summed E-state index contributed by atoms with van der Waals surface area (Å²) in [4.78, 5) is 38.6. The van der Waals surface area contributed by atoms with Gasteiger partial charge in [0.1, 0.15) is 19.3 Å². The van der Waals surface area contributed by atoms with Gasteiger partial charge in [-0.1, -0.05) is 106 Å². The molecule has 214 valence electrons. The van der Waals surface area contributed by atoms with E-state index in [2.05, 4.69) is 19.2 Å². The average Bonchev–Trinajstić information content (AvgIpc) is 2.94. The standard InChI is InChI=1S/C32H37NO6.CH4/c1-22(2)19-25-15-17-28(18-16-25)23(3)30(34)39-24(4)29(31(35)37-20-26-11-7-5-8-12-26)33-32(36)38-21-27-13-9-6-10-14-27;/h5-18,22-24,29H,19-21H2,1-4H3,(H,33,36);1H4/t23-,24+,29-;/m0./s1. The van der Waals surface area contributed by atoms with Crippen LogP contribution in [0.3, 0.4) is 0 Å². The maximum Gasteiger partial charge on any atom is 0.408 e. The van der Waals surface area contributed by atoms with E-state index in [9.17, 15) is 14.4 Å². The first-order chi connectivity index (χ1) is 18.7. The molecule has 0 saturated heterocycles. The number of nitrogens with one attached hydrogen (secondary N) is 1. The Labute approximate surface area is 237 Å². The van der Waals surface area contributed by atoms with E-state index < -0.39 is 36.1 Å². The van der Waals surface area contributed by atoms with Gasteiger partial charge in [0.05, 0.1) is 5.92 Å². The molecule has 0 aliphatic carbocycles. The lowest BCUT2D eigenvalue weighted by Crippen LogP contribution is -2.50. The van der Waals surface area contributed by atoms with Gasteiger partial charge in [-0.05, 0) is 48.4 Å². The van der Waals surface area contributed by atoms with Crippen molar-refractivity contribution in [2.45, 2.75) is 72.8 Å². The SMILES string of the molecule is C.CC(C)Cc1ccc([C@H](C)C(=O)O[C@H](C)[C@H](NC(=O)OCc2ccccc2)C(=O)OCc2ccccc2)cc1. The van der Waals surface area contributed by atoms with Crippen molar-refractivity contribution in [2.75, 3.05) is 0 Å². The number of hydrogen-bond acceptors (Lipinski definition) is 6. The van der Waals surface area contributed by atoms with Crippen molar-refractivity contribution in [3.05, 3.63) is 107 Å². The predicted octanol–water partition coefficient (Wildman–Crippen LogP) is 6.59. The highest BCUT2D eigenvalue weighted by Crippen LogP contribution is 2.20. The molecule has 0 radical (unpaired) electrons. The molecule has 7 heteroatoms. The number of ether oxygens (including phenoxy) is 3. The third-order valence-corrected chi connectivity index (χ3v) is 6.21. The number of hydrogen-bond donors (Lipinski definition) is 1. The lowest BCUT2D eigenvalue weighted by molar-refractivity contribution is -0.159. The molecule has 0 spiro atoms. The summed E-state index contributed by atoms with van der Waals surface area (Å²) >= 11 is 0. The first kappa shape index (κ1) is 32.1. The predicted molar refractivity (Wildman–Crippen MR) is 155 cm³/mol. The molecule has 0 saturated carbocycles. The summed E-state index contributed by atoms with van der Waals surface area (Å²) in [5.41, 5.74) is 3.58. The summed E-state index contributed by atoms with van der Waals surface area (Å²) < 4.78 is 16.4. The summed E-state index contributed by atoms with van der Waals surface area (Å²) in [7, 11) is 0. The van der Waals surface area contributed by atoms with Crippen LogP contribution in [0.4, 0.5) is 4.79 Å². The Hall–Kier alpha value is -4.13. The van der Waals surface area contributed by atoms with Crippen LogP contribution in [0.5, 0.6) is 0 Å². The summed E-state index contributed by atoms with van der Waals surface area (Å²) in [5, 5.41) is 2.52. The fourth-order valence-corrected chi connectivity index (χ4v) is 3.98. The number of alkyl carbamates (subject to hydrolysis) is 1. The van der Waals surface area contributed by atoms with Gasteiger partial charge in [0.2, 0.25) is 0 Å². The highest BCUT2D eigenvalue weighted by molar-refractivity contribution is 5.83. The van der Waals surface area contributed by atoms with Gasteiger partial charge in [0, 0.05) is 0 Å². The van der Waals surface area contributed by atoms with Crippen LogP contribution in [0.2, 0.25) is 0 Å². The van der Waals surface area contributed by atoms with E-state index in [1.165, 1.54) is 5.56 Å². The van der Waals surface area contributed by atoms with E-state index >= 15 is 0 Å². The van der Waals surface area contributed by atoms with Gasteiger partial charge in [-0.25, -0.2) is 9.59 Å². The molecule has 3 atom stereocenters. The van der Waals surface area contributed by atoms with Crippen LogP contribution in [-0.2, 0) is 43.4 Å². The fourth-order valence-electron chi connectivity index (χ4n) is 3.98. The normalized spacial score (nSPS) is 12.8. The topological polar surface area (TPSA) is 90.9 Å². The van der Waals surface area contributed by atoms with Crippen molar-refractivity contribution in [1.29, 1.82) is 0 Å². The second kappa shape index (κ2) is 16.1. The Kier molecular flexibility index (Phi) is 12.9. The number of esters is 2. The van der Waals surface area contributed by atoms with E-state index in [1.807, 2.05) is 84.9 Å². The van der Waals surface area contributed by atoms with Gasteiger partial charge in [-0.2, -0.15) is 0 Å². The van der Waals surface area contributed by atoms with Crippen molar-refractivity contribution in [2.24, 2.45) is 5.92 Å². The maximum absolute atomic E-state index is 13.0. The van der Waals surface area contributed by atoms with Crippen LogP contribution in [0.25, 0.3) is 0 Å². The smallest absolute Gasteiger partial charge is 0.408 e. The van der Waals surface area contributed by atoms with Crippen LogP contribution in [-0.4, -0.2) is 30.2 Å². The van der Waals surface area contributed by atoms with E-state index in [-0.39, 0.29) is 20.6 Å². The van der Waals surface area contributed by atoms with Gasteiger partial charge in [0.15, 0.2) is 6.04 Å². The van der Waals surface area contributed by atoms with Crippen LogP contribution in [0.1, 0.15) is 63.3 Å². The molecular weight excluding hydrogens is 506 g/mol. The lowest BCUT2D eigenvalue weighted by Gasteiger charge is -2.25. The zero-order chi connectivity index (χ0) is 28.2. The van der Waals surface area contributed by atoms with Crippen LogP contribution in [0.15, 0.2) is 84.9 Å². The number of benzene rings is 3. The zero-order valence-electron chi connectivity index (χ0n) is 23.0. The first-order valence-corrected chi connectivity index (χ1v) is 13.2. The Bertz CT molecular complexity index is 1190. The van der Waals surface area contributed by atoms with Crippen LogP contribution < -0.4 is 5.32 Å². The van der Waals surface area contributed by atoms with Crippen molar-refractivity contribution in [1.82, 2.24) is 5.32 Å². The van der Waals surface area contributed by atoms with Gasteiger partial charge >= 0.3 is 18.0 Å². The summed E-state index contributed by atoms with van der Waals surface area (Å²) in [6.45, 7) is 7.64. The average molecular weight is 548 g/mol. The largest absolute Gasteiger partial charge is 0.459 e. The second-order valence-electron chi connectivity index (χ2n) is 9.98. The Balaban J connectivity index is 0.00000560. The monoisotopic (exact) mass is 547 g/mol. The summed E-state index contributed by atoms with van der Waals surface area (Å²) in [5.74, 6) is -1.28. The Morgan fingerprint density at radius 1 is 0.675 bits per heavy atom. The number of rotatable bonds is 12. The molecule has 3 aromatic carbocycles. The number of carbonyl (C=O) groups is 3. The molecule has 0 bridgehead atoms. The van der Waals surface area contributed by atoms with Gasteiger partial charge < -0.3 is 19.5 Å². The van der Waals surface area contributed by atoms with E-state index in [0.717, 1.165) is 23.1 Å². The molecule has 0 unspecified atom stereocenters. The van der Waals surface area contributed by atoms with Gasteiger partial charge in [0.25, 0.3) is 0 Å². The molecule has 0 aliphatic rings. The Morgan fingerprint density at radius 2 is 1.20 bits per heavy atom. The molecule has 0 fully saturated rings. The zero-order valence-corrected chi connectivity index (χ0v) is 23.0. The maximum atomic E-state index is 13.0. The molecule has 0 heterocycles. The van der Waals surface area contributed by atoms with Gasteiger partial charge in [-0.3, -0.25) is 4.79 Å². The van der Waals surface area contributed by atoms with Crippen molar-refractivity contribution >= 4 is 18.0 Å². The second-order valence-corrected chi connectivity index (χ2v) is 9.98. The highest BCUT2D eigenvalue weighted by Gasteiger charge is 2.33. The van der Waals surface area contributed by atoms with Crippen LogP contribution >= 0.6 is 0 Å². The summed E-state index contributed by atoms with van der Waals surface area (Å²) in [6, 6.07) is 24.9. The minimum absolute atomic E-state index is 0. The quantitative estimate of drug-likeness (QED) is 0.203. The van der Waals surface area contributed by atoms with Crippen molar-refractivity contribution < 1.29 is 28.6 Å².